The molecule has 1 aromatic heterocycles. The van der Waals surface area contributed by atoms with Crippen LogP contribution in [-0.4, -0.2) is 26.4 Å². The largest absolute Gasteiger partial charge is 0.407 e. The highest BCUT2D eigenvalue weighted by Crippen LogP contribution is 2.41. The molecule has 7 heteroatoms. The summed E-state index contributed by atoms with van der Waals surface area (Å²) in [6.45, 7) is 10.2. The van der Waals surface area contributed by atoms with E-state index >= 15 is 0 Å². The minimum absolute atomic E-state index is 0.0450. The molecule has 0 amide bonds. The van der Waals surface area contributed by atoms with Crippen LogP contribution >= 0.6 is 58.4 Å². The molecule has 0 unspecified atom stereocenters. The molecule has 0 aliphatic carbocycles. The molecular formula is C31H44OS5Si. The van der Waals surface area contributed by atoms with Crippen molar-refractivity contribution < 1.29 is 4.43 Å². The van der Waals surface area contributed by atoms with Crippen LogP contribution in [0.25, 0.3) is 0 Å². The summed E-state index contributed by atoms with van der Waals surface area (Å²) < 4.78 is 11.0. The van der Waals surface area contributed by atoms with Crippen LogP contribution in [0, 0.1) is 3.14 Å². The van der Waals surface area contributed by atoms with E-state index in [0.29, 0.717) is 0 Å². The van der Waals surface area contributed by atoms with Crippen molar-refractivity contribution in [1.29, 1.82) is 0 Å². The molecule has 1 nitrogen and oxygen atoms in total. The highest BCUT2D eigenvalue weighted by atomic mass is 32.2. The molecule has 0 atom stereocenters. The zero-order valence-electron chi connectivity index (χ0n) is 23.5. The van der Waals surface area contributed by atoms with Gasteiger partial charge in [0, 0.05) is 6.61 Å². The second-order valence-electron chi connectivity index (χ2n) is 10.7. The van der Waals surface area contributed by atoms with Gasteiger partial charge in [-0.05, 0) is 46.2 Å². The van der Waals surface area contributed by atoms with Crippen LogP contribution in [-0.2, 0) is 4.43 Å². The Labute approximate surface area is 254 Å². The first-order valence-corrected chi connectivity index (χ1v) is 19.9. The van der Waals surface area contributed by atoms with Crippen molar-refractivity contribution in [3.63, 3.8) is 0 Å². The van der Waals surface area contributed by atoms with Gasteiger partial charge < -0.3 is 4.43 Å². The Morgan fingerprint density at radius 1 is 0.711 bits per heavy atom. The normalized spacial score (nSPS) is 12.2. The molecule has 0 N–H and O–H groups in total. The van der Waals surface area contributed by atoms with E-state index in [2.05, 4.69) is 88.4 Å². The molecule has 0 spiro atoms. The van der Waals surface area contributed by atoms with Crippen LogP contribution in [0.15, 0.2) is 69.1 Å². The molecule has 0 bridgehead atoms. The van der Waals surface area contributed by atoms with Crippen LogP contribution < -0.4 is 10.4 Å². The van der Waals surface area contributed by atoms with Gasteiger partial charge in [0.05, 0.1) is 8.42 Å². The van der Waals surface area contributed by atoms with Crippen molar-refractivity contribution in [2.24, 2.45) is 0 Å². The lowest BCUT2D eigenvalue weighted by atomic mass is 10.2. The molecule has 0 saturated carbocycles. The first-order valence-electron chi connectivity index (χ1n) is 14.0. The number of rotatable bonds is 17. The van der Waals surface area contributed by atoms with Gasteiger partial charge in [-0.15, -0.1) is 46.2 Å². The third kappa shape index (κ3) is 9.32. The van der Waals surface area contributed by atoms with Crippen molar-refractivity contribution >= 4 is 77.1 Å². The van der Waals surface area contributed by atoms with Gasteiger partial charge in [0.1, 0.15) is 3.14 Å². The minimum atomic E-state index is -2.41. The molecule has 0 aliphatic heterocycles. The van der Waals surface area contributed by atoms with E-state index in [1.165, 1.54) is 75.2 Å². The van der Waals surface area contributed by atoms with E-state index in [9.17, 15) is 0 Å². The van der Waals surface area contributed by atoms with E-state index in [4.69, 9.17) is 16.6 Å². The van der Waals surface area contributed by atoms with E-state index < -0.39 is 8.32 Å². The van der Waals surface area contributed by atoms with Crippen LogP contribution in [0.4, 0.5) is 0 Å². The minimum Gasteiger partial charge on any atom is -0.407 e. The molecule has 3 aromatic rings. The molecule has 38 heavy (non-hydrogen) atoms. The Morgan fingerprint density at radius 3 is 1.66 bits per heavy atom. The molecule has 0 fully saturated rings. The maximum Gasteiger partial charge on any atom is 0.261 e. The SMILES string of the molecule is CCCCCCSc1sc(=S)sc1SCCCCCCO[Si](c1ccccc1)(c1ccccc1)C(C)(C)C. The average molecular weight is 621 g/mol. The maximum absolute atomic E-state index is 7.05. The number of hydrogen-bond acceptors (Lipinski definition) is 6. The number of benzene rings is 2. The molecule has 3 rings (SSSR count). The van der Waals surface area contributed by atoms with E-state index in [0.717, 1.165) is 16.2 Å². The topological polar surface area (TPSA) is 9.23 Å². The van der Waals surface area contributed by atoms with E-state index in [1.54, 1.807) is 0 Å². The van der Waals surface area contributed by atoms with Crippen LogP contribution in [0.5, 0.6) is 0 Å². The first-order chi connectivity index (χ1) is 18.4. The predicted molar refractivity (Wildman–Crippen MR) is 181 cm³/mol. The van der Waals surface area contributed by atoms with Gasteiger partial charge in [-0.3, -0.25) is 0 Å². The standard InChI is InChI=1S/C31H44OS5Si/c1-5-6-7-17-24-34-28-29(37-30(33)36-28)35-25-18-9-8-16-23-32-38(31(2,3)4,26-19-12-10-13-20-26)27-21-14-11-15-22-27/h10-15,19-22H,5-9,16-18,23-25H2,1-4H3. The maximum atomic E-state index is 7.05. The van der Waals surface area contributed by atoms with Gasteiger partial charge in [-0.25, -0.2) is 0 Å². The smallest absolute Gasteiger partial charge is 0.261 e. The summed E-state index contributed by atoms with van der Waals surface area (Å²) in [6, 6.07) is 22.0. The lowest BCUT2D eigenvalue weighted by Crippen LogP contribution is -2.66. The summed E-state index contributed by atoms with van der Waals surface area (Å²) in [4.78, 5) is 0. The Kier molecular flexibility index (Phi) is 14.2. The molecule has 2 aromatic carbocycles. The molecule has 208 valence electrons. The average Bonchev–Trinajstić information content (AvgIpc) is 3.27. The first kappa shape index (κ1) is 32.1. The summed E-state index contributed by atoms with van der Waals surface area (Å²) >= 11 is 13.2. The summed E-state index contributed by atoms with van der Waals surface area (Å²) in [6.07, 6.45) is 10.2. The van der Waals surface area contributed by atoms with Gasteiger partial charge >= 0.3 is 0 Å². The second-order valence-corrected chi connectivity index (χ2v) is 21.0. The molecule has 0 radical (unpaired) electrons. The van der Waals surface area contributed by atoms with Gasteiger partial charge in [-0.2, -0.15) is 0 Å². The van der Waals surface area contributed by atoms with Crippen molar-refractivity contribution in [2.45, 2.75) is 92.5 Å². The Hall–Kier alpha value is -0.413. The Balaban J connectivity index is 1.47. The number of thioether (sulfide) groups is 2. The summed E-state index contributed by atoms with van der Waals surface area (Å²) in [7, 11) is -2.41. The molecular weight excluding hydrogens is 577 g/mol. The molecule has 0 saturated heterocycles. The van der Waals surface area contributed by atoms with Gasteiger partial charge in [0.15, 0.2) is 0 Å². The monoisotopic (exact) mass is 620 g/mol. The van der Waals surface area contributed by atoms with Crippen molar-refractivity contribution in [3.8, 4) is 0 Å². The summed E-state index contributed by atoms with van der Waals surface area (Å²) in [5.41, 5.74) is 0. The quantitative estimate of drug-likeness (QED) is 0.0642. The van der Waals surface area contributed by atoms with Crippen LogP contribution in [0.1, 0.15) is 79.1 Å². The lowest BCUT2D eigenvalue weighted by molar-refractivity contribution is 0.287. The second kappa shape index (κ2) is 16.8. The van der Waals surface area contributed by atoms with Crippen LogP contribution in [0.3, 0.4) is 0 Å². The van der Waals surface area contributed by atoms with Crippen molar-refractivity contribution in [2.75, 3.05) is 18.1 Å². The summed E-state index contributed by atoms with van der Waals surface area (Å²) in [5.74, 6) is 2.40. The fourth-order valence-electron chi connectivity index (χ4n) is 4.84. The summed E-state index contributed by atoms with van der Waals surface area (Å²) in [5, 5.41) is 2.78. The van der Waals surface area contributed by atoms with Crippen LogP contribution in [0.2, 0.25) is 5.04 Å². The van der Waals surface area contributed by atoms with Crippen molar-refractivity contribution in [1.82, 2.24) is 0 Å². The zero-order valence-corrected chi connectivity index (χ0v) is 28.6. The number of unbranched alkanes of at least 4 members (excludes halogenated alkanes) is 6. The predicted octanol–water partition coefficient (Wildman–Crippen LogP) is 10.4. The fraction of sp³-hybridized carbons (Fsp3) is 0.516. The van der Waals surface area contributed by atoms with Gasteiger partial charge in [0.25, 0.3) is 8.32 Å². The van der Waals surface area contributed by atoms with Crippen molar-refractivity contribution in [3.05, 3.63) is 63.8 Å². The van der Waals surface area contributed by atoms with E-state index in [-0.39, 0.29) is 5.04 Å². The van der Waals surface area contributed by atoms with Gasteiger partial charge in [0.2, 0.25) is 0 Å². The van der Waals surface area contributed by atoms with Gasteiger partial charge in [-0.1, -0.05) is 133 Å². The number of hydrogen-bond donors (Lipinski definition) is 0. The third-order valence-corrected chi connectivity index (χ3v) is 17.6. The third-order valence-electron chi connectivity index (χ3n) is 6.76. The Morgan fingerprint density at radius 2 is 1.18 bits per heavy atom. The Bertz CT molecular complexity index is 1070. The highest BCUT2D eigenvalue weighted by Gasteiger charge is 2.49. The molecule has 1 heterocycles. The van der Waals surface area contributed by atoms with E-state index in [1.807, 2.05) is 46.2 Å². The fourth-order valence-corrected chi connectivity index (χ4v) is 15.7. The highest BCUT2D eigenvalue weighted by molar-refractivity contribution is 8.05. The lowest BCUT2D eigenvalue weighted by Gasteiger charge is -2.43. The zero-order chi connectivity index (χ0) is 27.3. The molecule has 0 aliphatic rings.